The van der Waals surface area contributed by atoms with Crippen LogP contribution in [-0.2, 0) is 23.6 Å². The number of nitroso groups, excluding NO2 is 1. The van der Waals surface area contributed by atoms with Gasteiger partial charge in [0.15, 0.2) is 0 Å². The molecule has 0 bridgehead atoms. The minimum Gasteiger partial charge on any atom is -0.340 e. The largest absolute Gasteiger partial charge is 0.340 e. The second-order valence-corrected chi connectivity index (χ2v) is 7.91. The van der Waals surface area contributed by atoms with Crippen molar-refractivity contribution in [2.24, 2.45) is 5.18 Å². The van der Waals surface area contributed by atoms with Crippen LogP contribution in [0.2, 0.25) is 0 Å². The lowest BCUT2D eigenvalue weighted by atomic mass is 10.0. The lowest BCUT2D eigenvalue weighted by Crippen LogP contribution is -2.51. The molecule has 170 valence electrons. The smallest absolute Gasteiger partial charge is 0.272 e. The fourth-order valence-electron chi connectivity index (χ4n) is 3.69. The quantitative estimate of drug-likeness (QED) is 0.329. The lowest BCUT2D eigenvalue weighted by molar-refractivity contribution is -0.384. The predicted octanol–water partition coefficient (Wildman–Crippen LogP) is 4.03. The van der Waals surface area contributed by atoms with Crippen molar-refractivity contribution in [2.45, 2.75) is 25.7 Å². The molecule has 0 aromatic heterocycles. The number of nitro groups is 1. The van der Waals surface area contributed by atoms with Crippen molar-refractivity contribution >= 4 is 17.3 Å². The van der Waals surface area contributed by atoms with Crippen molar-refractivity contribution in [1.29, 1.82) is 0 Å². The summed E-state index contributed by atoms with van der Waals surface area (Å²) in [5, 5.41) is 13.4. The number of carbonyl (C=O) groups excluding carboxylic acids is 1. The predicted molar refractivity (Wildman–Crippen MR) is 115 cm³/mol. The summed E-state index contributed by atoms with van der Waals surface area (Å²) in [4.78, 5) is 37.3. The van der Waals surface area contributed by atoms with Crippen LogP contribution in [0.4, 0.5) is 20.2 Å². The molecule has 0 saturated carbocycles. The number of carbonyl (C=O) groups is 1. The summed E-state index contributed by atoms with van der Waals surface area (Å²) in [6.45, 7) is 3.25. The fourth-order valence-corrected chi connectivity index (χ4v) is 3.69. The Labute approximate surface area is 183 Å². The summed E-state index contributed by atoms with van der Waals surface area (Å²) in [6.07, 6.45) is 1.08. The molecule has 0 unspecified atom stereocenters. The van der Waals surface area contributed by atoms with E-state index in [-0.39, 0.29) is 23.8 Å². The van der Waals surface area contributed by atoms with Gasteiger partial charge in [-0.15, -0.1) is 4.91 Å². The van der Waals surface area contributed by atoms with Crippen LogP contribution < -0.4 is 0 Å². The van der Waals surface area contributed by atoms with Crippen molar-refractivity contribution < 1.29 is 18.5 Å². The highest BCUT2D eigenvalue weighted by molar-refractivity contribution is 5.79. The van der Waals surface area contributed by atoms with E-state index in [2.05, 4.69) is 5.18 Å². The average Bonchev–Trinajstić information content (AvgIpc) is 2.76. The molecule has 1 fully saturated rings. The number of hydrogen-bond donors (Lipinski definition) is 0. The Kier molecular flexibility index (Phi) is 7.24. The van der Waals surface area contributed by atoms with Gasteiger partial charge in [0.2, 0.25) is 5.91 Å². The van der Waals surface area contributed by atoms with Crippen LogP contribution in [0.25, 0.3) is 0 Å². The maximum absolute atomic E-state index is 13.7. The minimum atomic E-state index is -3.16. The molecule has 1 saturated heterocycles. The molecule has 32 heavy (non-hydrogen) atoms. The number of nitro benzene ring substituents is 1. The van der Waals surface area contributed by atoms with Crippen LogP contribution in [0.5, 0.6) is 0 Å². The third-order valence-electron chi connectivity index (χ3n) is 5.56. The van der Waals surface area contributed by atoms with Gasteiger partial charge in [0.25, 0.3) is 11.6 Å². The number of halogens is 2. The van der Waals surface area contributed by atoms with Crippen molar-refractivity contribution in [3.05, 3.63) is 74.2 Å². The van der Waals surface area contributed by atoms with Gasteiger partial charge in [-0.2, -0.15) is 0 Å². The average molecular weight is 446 g/mol. The maximum Gasteiger partial charge on any atom is 0.272 e. The van der Waals surface area contributed by atoms with E-state index >= 15 is 0 Å². The van der Waals surface area contributed by atoms with Crippen molar-refractivity contribution in [3.63, 3.8) is 0 Å². The van der Waals surface area contributed by atoms with E-state index in [1.807, 2.05) is 4.90 Å². The van der Waals surface area contributed by atoms with Gasteiger partial charge in [-0.05, 0) is 41.3 Å². The highest BCUT2D eigenvalue weighted by atomic mass is 19.3. The molecular formula is C22H24F2N4O4. The van der Waals surface area contributed by atoms with Crippen LogP contribution in [0.15, 0.2) is 47.6 Å². The highest BCUT2D eigenvalue weighted by Crippen LogP contribution is 2.35. The number of alkyl halides is 2. The Bertz CT molecular complexity index is 992. The molecule has 10 heteroatoms. The third kappa shape index (κ3) is 5.91. The first-order valence-electron chi connectivity index (χ1n) is 10.3. The Morgan fingerprint density at radius 2 is 1.72 bits per heavy atom. The zero-order chi connectivity index (χ0) is 23.3. The second-order valence-electron chi connectivity index (χ2n) is 7.91. The molecular weight excluding hydrogens is 422 g/mol. The Morgan fingerprint density at radius 1 is 1.06 bits per heavy atom. The van der Waals surface area contributed by atoms with Crippen molar-refractivity contribution in [2.75, 3.05) is 32.7 Å². The lowest BCUT2D eigenvalue weighted by Gasteiger charge is -2.34. The molecule has 1 aliphatic rings. The van der Waals surface area contributed by atoms with Crippen LogP contribution in [0, 0.1) is 15.0 Å². The number of nitrogens with zero attached hydrogens (tertiary/aromatic N) is 4. The van der Waals surface area contributed by atoms with E-state index in [1.54, 1.807) is 23.1 Å². The normalized spacial score (nSPS) is 15.1. The molecule has 0 aliphatic carbocycles. The highest BCUT2D eigenvalue weighted by Gasteiger charge is 2.29. The molecule has 1 aliphatic heterocycles. The van der Waals surface area contributed by atoms with Crippen molar-refractivity contribution in [1.82, 2.24) is 9.80 Å². The molecule has 2 aromatic carbocycles. The van der Waals surface area contributed by atoms with Gasteiger partial charge in [-0.1, -0.05) is 18.2 Å². The molecule has 8 nitrogen and oxygen atoms in total. The van der Waals surface area contributed by atoms with Gasteiger partial charge in [0.05, 0.1) is 11.5 Å². The monoisotopic (exact) mass is 446 g/mol. The number of hydrogen-bond acceptors (Lipinski definition) is 6. The van der Waals surface area contributed by atoms with Crippen LogP contribution >= 0.6 is 0 Å². The molecule has 0 radical (unpaired) electrons. The van der Waals surface area contributed by atoms with Crippen LogP contribution in [0.1, 0.15) is 23.6 Å². The number of piperazine rings is 1. The summed E-state index contributed by atoms with van der Waals surface area (Å²) in [5.41, 5.74) is 0.949. The first kappa shape index (κ1) is 23.4. The van der Waals surface area contributed by atoms with Crippen molar-refractivity contribution in [3.8, 4) is 0 Å². The summed E-state index contributed by atoms with van der Waals surface area (Å²) < 4.78 is 27.5. The first-order chi connectivity index (χ1) is 15.2. The van der Waals surface area contributed by atoms with Gasteiger partial charge in [0, 0.05) is 50.8 Å². The topological polar surface area (TPSA) is 96.1 Å². The molecule has 0 atom stereocenters. The molecule has 1 amide bonds. The second kappa shape index (κ2) is 9.90. The summed E-state index contributed by atoms with van der Waals surface area (Å²) in [7, 11) is 0. The Hall–Kier alpha value is -3.27. The Morgan fingerprint density at radius 3 is 2.31 bits per heavy atom. The SMILES string of the molecule is CC(F)(F)c1cc(CCN2CCN(CCc3ccc([N+](=O)[O-])cc3)C(=O)C2)ccc1N=O. The number of benzene rings is 2. The molecule has 0 spiro atoms. The zero-order valence-corrected chi connectivity index (χ0v) is 17.7. The van der Waals surface area contributed by atoms with E-state index in [0.717, 1.165) is 12.5 Å². The number of rotatable bonds is 9. The molecule has 2 aromatic rings. The molecule has 0 N–H and O–H groups in total. The van der Waals surface area contributed by atoms with Crippen LogP contribution in [-0.4, -0.2) is 53.4 Å². The summed E-state index contributed by atoms with van der Waals surface area (Å²) >= 11 is 0. The van der Waals surface area contributed by atoms with Gasteiger partial charge >= 0.3 is 0 Å². The molecule has 3 rings (SSSR count). The van der Waals surface area contributed by atoms with Crippen LogP contribution in [0.3, 0.4) is 0 Å². The van der Waals surface area contributed by atoms with Gasteiger partial charge < -0.3 is 4.90 Å². The first-order valence-corrected chi connectivity index (χ1v) is 10.3. The number of non-ortho nitro benzene ring substituents is 1. The van der Waals surface area contributed by atoms with E-state index in [4.69, 9.17) is 0 Å². The van der Waals surface area contributed by atoms with E-state index in [1.165, 1.54) is 24.3 Å². The van der Waals surface area contributed by atoms with Gasteiger partial charge in [-0.25, -0.2) is 8.78 Å². The summed E-state index contributed by atoms with van der Waals surface area (Å²) in [6, 6.07) is 10.5. The third-order valence-corrected chi connectivity index (χ3v) is 5.56. The summed E-state index contributed by atoms with van der Waals surface area (Å²) in [5.74, 6) is -3.18. The Balaban J connectivity index is 1.50. The fraction of sp³-hybridized carbons (Fsp3) is 0.409. The number of amides is 1. The zero-order valence-electron chi connectivity index (χ0n) is 17.7. The van der Waals surface area contributed by atoms with E-state index < -0.39 is 16.4 Å². The molecule has 1 heterocycles. The van der Waals surface area contributed by atoms with E-state index in [9.17, 15) is 28.6 Å². The van der Waals surface area contributed by atoms with Gasteiger partial charge in [0.1, 0.15) is 5.69 Å². The van der Waals surface area contributed by atoms with E-state index in [0.29, 0.717) is 44.6 Å². The minimum absolute atomic E-state index is 0.0144. The maximum atomic E-state index is 13.7. The standard InChI is InChI=1S/C22H24F2N4O4/c1-22(23,24)19-14-17(4-7-20(19)25-30)8-10-26-12-13-27(21(29)15-26)11-9-16-2-5-18(6-3-16)28(31)32/h2-7,14H,8-13,15H2,1H3. The van der Waals surface area contributed by atoms with Gasteiger partial charge in [-0.3, -0.25) is 19.8 Å².